The van der Waals surface area contributed by atoms with Crippen LogP contribution in [0.5, 0.6) is 0 Å². The molecule has 0 radical (unpaired) electrons. The highest BCUT2D eigenvalue weighted by molar-refractivity contribution is 5.92. The number of carbonyl (C=O) groups is 1. The van der Waals surface area contributed by atoms with E-state index in [2.05, 4.69) is 4.98 Å². The minimum atomic E-state index is -0.696. The fourth-order valence-electron chi connectivity index (χ4n) is 1.11. The third-order valence-corrected chi connectivity index (χ3v) is 1.78. The SMILES string of the molecule is CCCN(C(=O)c1cccnc1)[N+](=O)[O-]. The third-order valence-electron chi connectivity index (χ3n) is 1.78. The highest BCUT2D eigenvalue weighted by Gasteiger charge is 2.24. The number of hydrazine groups is 1. The standard InChI is InChI=1S/C9H11N3O3/c1-2-6-11(12(14)15)9(13)8-4-3-5-10-7-8/h3-5,7H,2,6H2,1H3. The van der Waals surface area contributed by atoms with E-state index in [0.717, 1.165) is 0 Å². The molecule has 0 spiro atoms. The number of carbonyl (C=O) groups excluding carboxylic acids is 1. The van der Waals surface area contributed by atoms with E-state index in [-0.39, 0.29) is 12.1 Å². The maximum Gasteiger partial charge on any atom is 0.315 e. The van der Waals surface area contributed by atoms with Crippen LogP contribution in [0.4, 0.5) is 0 Å². The molecule has 15 heavy (non-hydrogen) atoms. The van der Waals surface area contributed by atoms with Crippen LogP contribution in [0.1, 0.15) is 23.7 Å². The van der Waals surface area contributed by atoms with Gasteiger partial charge in [-0.2, -0.15) is 0 Å². The molecule has 0 saturated carbocycles. The molecule has 80 valence electrons. The van der Waals surface area contributed by atoms with Gasteiger partial charge in [-0.1, -0.05) is 11.9 Å². The van der Waals surface area contributed by atoms with E-state index < -0.39 is 10.9 Å². The lowest BCUT2D eigenvalue weighted by atomic mass is 10.2. The van der Waals surface area contributed by atoms with Crippen LogP contribution in [-0.2, 0) is 0 Å². The van der Waals surface area contributed by atoms with E-state index in [1.807, 2.05) is 0 Å². The molecule has 1 amide bonds. The van der Waals surface area contributed by atoms with Crippen LogP contribution < -0.4 is 0 Å². The number of amides is 1. The first-order valence-electron chi connectivity index (χ1n) is 4.53. The molecule has 0 aliphatic carbocycles. The number of nitrogens with zero attached hydrogens (tertiary/aromatic N) is 3. The second kappa shape index (κ2) is 5.04. The van der Waals surface area contributed by atoms with E-state index in [1.54, 1.807) is 13.0 Å². The molecule has 1 heterocycles. The van der Waals surface area contributed by atoms with Crippen molar-refractivity contribution >= 4 is 5.91 Å². The Hall–Kier alpha value is -1.98. The second-order valence-electron chi connectivity index (χ2n) is 2.91. The zero-order chi connectivity index (χ0) is 11.3. The zero-order valence-electron chi connectivity index (χ0n) is 8.29. The minimum Gasteiger partial charge on any atom is -0.264 e. The van der Waals surface area contributed by atoms with Crippen molar-refractivity contribution in [3.05, 3.63) is 40.2 Å². The summed E-state index contributed by atoms with van der Waals surface area (Å²) in [5.41, 5.74) is 0.225. The van der Waals surface area contributed by atoms with Gasteiger partial charge >= 0.3 is 5.91 Å². The first-order chi connectivity index (χ1) is 7.16. The van der Waals surface area contributed by atoms with Crippen LogP contribution in [0.15, 0.2) is 24.5 Å². The lowest BCUT2D eigenvalue weighted by molar-refractivity contribution is -0.632. The molecule has 1 rings (SSSR count). The molecule has 0 saturated heterocycles. The van der Waals surface area contributed by atoms with Gasteiger partial charge in [-0.25, -0.2) is 10.1 Å². The van der Waals surface area contributed by atoms with Crippen molar-refractivity contribution in [2.24, 2.45) is 0 Å². The Bertz CT molecular complexity index is 353. The van der Waals surface area contributed by atoms with E-state index in [0.29, 0.717) is 11.4 Å². The minimum absolute atomic E-state index is 0.0979. The molecule has 6 nitrogen and oxygen atoms in total. The molecular formula is C9H11N3O3. The molecule has 0 aromatic carbocycles. The van der Waals surface area contributed by atoms with Crippen LogP contribution in [0, 0.1) is 10.1 Å². The first kappa shape index (κ1) is 11.1. The Kier molecular flexibility index (Phi) is 3.73. The molecule has 0 fully saturated rings. The Balaban J connectivity index is 2.86. The van der Waals surface area contributed by atoms with Gasteiger partial charge in [-0.3, -0.25) is 9.78 Å². The molecule has 0 unspecified atom stereocenters. The van der Waals surface area contributed by atoms with Crippen molar-refractivity contribution in [3.63, 3.8) is 0 Å². The fraction of sp³-hybridized carbons (Fsp3) is 0.333. The number of aromatic nitrogens is 1. The average molecular weight is 209 g/mol. The zero-order valence-corrected chi connectivity index (χ0v) is 8.29. The Morgan fingerprint density at radius 3 is 2.87 bits per heavy atom. The summed E-state index contributed by atoms with van der Waals surface area (Å²) in [6.07, 6.45) is 3.36. The van der Waals surface area contributed by atoms with Crippen molar-refractivity contribution in [3.8, 4) is 0 Å². The van der Waals surface area contributed by atoms with Crippen LogP contribution in [0.3, 0.4) is 0 Å². The van der Waals surface area contributed by atoms with Gasteiger partial charge < -0.3 is 0 Å². The lowest BCUT2D eigenvalue weighted by Crippen LogP contribution is -2.36. The lowest BCUT2D eigenvalue weighted by Gasteiger charge is -2.10. The fourth-order valence-corrected chi connectivity index (χ4v) is 1.11. The van der Waals surface area contributed by atoms with Gasteiger partial charge in [-0.05, 0) is 18.6 Å². The maximum absolute atomic E-state index is 11.6. The van der Waals surface area contributed by atoms with Crippen molar-refractivity contribution in [2.75, 3.05) is 6.54 Å². The summed E-state index contributed by atoms with van der Waals surface area (Å²) in [5, 5.41) is 10.5. The van der Waals surface area contributed by atoms with Crippen molar-refractivity contribution in [1.82, 2.24) is 9.99 Å². The highest BCUT2D eigenvalue weighted by Crippen LogP contribution is 2.03. The van der Waals surface area contributed by atoms with Crippen molar-refractivity contribution < 1.29 is 9.83 Å². The van der Waals surface area contributed by atoms with Crippen LogP contribution in [-0.4, -0.2) is 27.5 Å². The highest BCUT2D eigenvalue weighted by atomic mass is 16.7. The molecule has 0 atom stereocenters. The van der Waals surface area contributed by atoms with Crippen molar-refractivity contribution in [2.45, 2.75) is 13.3 Å². The van der Waals surface area contributed by atoms with E-state index in [4.69, 9.17) is 0 Å². The van der Waals surface area contributed by atoms with Gasteiger partial charge in [-0.15, -0.1) is 0 Å². The van der Waals surface area contributed by atoms with Gasteiger partial charge in [0, 0.05) is 12.4 Å². The summed E-state index contributed by atoms with van der Waals surface area (Å²) in [6.45, 7) is 1.87. The number of nitro groups is 1. The van der Waals surface area contributed by atoms with Gasteiger partial charge in [0.05, 0.1) is 12.1 Å². The predicted molar refractivity (Wildman–Crippen MR) is 52.6 cm³/mol. The second-order valence-corrected chi connectivity index (χ2v) is 2.91. The summed E-state index contributed by atoms with van der Waals surface area (Å²) >= 11 is 0. The number of rotatable bonds is 4. The first-order valence-corrected chi connectivity index (χ1v) is 4.53. The van der Waals surface area contributed by atoms with E-state index in [1.165, 1.54) is 18.5 Å². The number of pyridine rings is 1. The summed E-state index contributed by atoms with van der Waals surface area (Å²) in [6, 6.07) is 3.07. The van der Waals surface area contributed by atoms with Gasteiger partial charge in [0.15, 0.2) is 5.03 Å². The Morgan fingerprint density at radius 1 is 1.67 bits per heavy atom. The summed E-state index contributed by atoms with van der Waals surface area (Å²) in [7, 11) is 0. The molecular weight excluding hydrogens is 198 g/mol. The summed E-state index contributed by atoms with van der Waals surface area (Å²) in [5.74, 6) is -0.630. The van der Waals surface area contributed by atoms with Crippen molar-refractivity contribution in [1.29, 1.82) is 0 Å². The van der Waals surface area contributed by atoms with Gasteiger partial charge in [0.2, 0.25) is 0 Å². The van der Waals surface area contributed by atoms with Crippen LogP contribution in [0.25, 0.3) is 0 Å². The quantitative estimate of drug-likeness (QED) is 0.550. The largest absolute Gasteiger partial charge is 0.315 e. The smallest absolute Gasteiger partial charge is 0.264 e. The van der Waals surface area contributed by atoms with Crippen LogP contribution >= 0.6 is 0 Å². The van der Waals surface area contributed by atoms with Crippen LogP contribution in [0.2, 0.25) is 0 Å². The predicted octanol–water partition coefficient (Wildman–Crippen LogP) is 1.13. The molecule has 6 heteroatoms. The molecule has 0 aliphatic heterocycles. The number of hydrogen-bond donors (Lipinski definition) is 0. The Morgan fingerprint density at radius 2 is 2.40 bits per heavy atom. The topological polar surface area (TPSA) is 76.3 Å². The third kappa shape index (κ3) is 2.73. The average Bonchev–Trinajstić information content (AvgIpc) is 2.26. The monoisotopic (exact) mass is 209 g/mol. The van der Waals surface area contributed by atoms with Gasteiger partial charge in [0.25, 0.3) is 0 Å². The van der Waals surface area contributed by atoms with E-state index >= 15 is 0 Å². The molecule has 1 aromatic rings. The van der Waals surface area contributed by atoms with Gasteiger partial charge in [0.1, 0.15) is 0 Å². The Labute approximate surface area is 86.7 Å². The molecule has 0 bridgehead atoms. The molecule has 1 aromatic heterocycles. The molecule has 0 N–H and O–H groups in total. The maximum atomic E-state index is 11.6. The van der Waals surface area contributed by atoms with E-state index in [9.17, 15) is 14.9 Å². The molecule has 0 aliphatic rings. The number of hydrogen-bond acceptors (Lipinski definition) is 4. The summed E-state index contributed by atoms with van der Waals surface area (Å²) < 4.78 is 0. The normalized spacial score (nSPS) is 9.67. The summed E-state index contributed by atoms with van der Waals surface area (Å²) in [4.78, 5) is 26.0.